The zero-order chi connectivity index (χ0) is 8.81. The van der Waals surface area contributed by atoms with Gasteiger partial charge in [0.25, 0.3) is 0 Å². The normalized spacial score (nSPS) is 29.2. The maximum atomic E-state index is 9.16. The van der Waals surface area contributed by atoms with E-state index in [1.165, 1.54) is 6.42 Å². The molecule has 2 unspecified atom stereocenters. The third-order valence-corrected chi connectivity index (χ3v) is 2.12. The van der Waals surface area contributed by atoms with Gasteiger partial charge in [0.1, 0.15) is 0 Å². The van der Waals surface area contributed by atoms with E-state index >= 15 is 0 Å². The summed E-state index contributed by atoms with van der Waals surface area (Å²) in [5.74, 6) is 0. The smallest absolute Gasteiger partial charge is 0.0757 e. The van der Waals surface area contributed by atoms with Crippen LogP contribution in [0, 0.1) is 0 Å². The number of rotatable bonds is 4. The van der Waals surface area contributed by atoms with Crippen molar-refractivity contribution in [2.75, 3.05) is 6.61 Å². The minimum atomic E-state index is -0.240. The fourth-order valence-corrected chi connectivity index (χ4v) is 1.30. The van der Waals surface area contributed by atoms with Crippen LogP contribution in [0.5, 0.6) is 0 Å². The molecule has 0 saturated carbocycles. The second-order valence-corrected chi connectivity index (χ2v) is 3.29. The number of aliphatic hydroxyl groups excluding tert-OH is 1. The number of hydrogen-bond donors (Lipinski definition) is 1. The van der Waals surface area contributed by atoms with Gasteiger partial charge in [0.05, 0.1) is 12.2 Å². The van der Waals surface area contributed by atoms with Gasteiger partial charge < -0.3 is 9.84 Å². The molecule has 2 heteroatoms. The SMILES string of the molecule is CCCCOC1C=CC(O)CC1. The minimum absolute atomic E-state index is 0.240. The van der Waals surface area contributed by atoms with E-state index in [1.807, 2.05) is 12.2 Å². The van der Waals surface area contributed by atoms with Crippen LogP contribution in [0.2, 0.25) is 0 Å². The highest BCUT2D eigenvalue weighted by molar-refractivity contribution is 4.99. The number of aliphatic hydroxyl groups is 1. The molecular weight excluding hydrogens is 152 g/mol. The van der Waals surface area contributed by atoms with Crippen molar-refractivity contribution < 1.29 is 9.84 Å². The lowest BCUT2D eigenvalue weighted by atomic mass is 10.0. The number of hydrogen-bond acceptors (Lipinski definition) is 2. The predicted octanol–water partition coefficient (Wildman–Crippen LogP) is 1.88. The van der Waals surface area contributed by atoms with Crippen LogP contribution in [-0.4, -0.2) is 23.9 Å². The van der Waals surface area contributed by atoms with E-state index in [9.17, 15) is 0 Å². The lowest BCUT2D eigenvalue weighted by Gasteiger charge is -2.19. The highest BCUT2D eigenvalue weighted by atomic mass is 16.5. The fourth-order valence-electron chi connectivity index (χ4n) is 1.30. The van der Waals surface area contributed by atoms with E-state index in [1.54, 1.807) is 0 Å². The molecule has 1 rings (SSSR count). The Hall–Kier alpha value is -0.340. The summed E-state index contributed by atoms with van der Waals surface area (Å²) in [4.78, 5) is 0. The summed E-state index contributed by atoms with van der Waals surface area (Å²) in [6, 6.07) is 0. The van der Waals surface area contributed by atoms with Crippen LogP contribution in [0.25, 0.3) is 0 Å². The van der Waals surface area contributed by atoms with Crippen molar-refractivity contribution >= 4 is 0 Å². The number of unbranched alkanes of at least 4 members (excludes halogenated alkanes) is 1. The standard InChI is InChI=1S/C10H18O2/c1-2-3-8-12-10-6-4-9(11)5-7-10/h4,6,9-11H,2-3,5,7-8H2,1H3. The average Bonchev–Trinajstić information content (AvgIpc) is 2.09. The second-order valence-electron chi connectivity index (χ2n) is 3.29. The Morgan fingerprint density at radius 3 is 2.83 bits per heavy atom. The van der Waals surface area contributed by atoms with Gasteiger partial charge in [0, 0.05) is 6.61 Å². The molecule has 0 spiro atoms. The van der Waals surface area contributed by atoms with Gasteiger partial charge >= 0.3 is 0 Å². The first-order chi connectivity index (χ1) is 5.83. The molecule has 2 atom stereocenters. The molecule has 0 amide bonds. The molecule has 1 N–H and O–H groups in total. The summed E-state index contributed by atoms with van der Waals surface area (Å²) in [6.07, 6.45) is 7.93. The molecule has 2 nitrogen and oxygen atoms in total. The number of ether oxygens (including phenoxy) is 1. The highest BCUT2D eigenvalue weighted by Crippen LogP contribution is 2.14. The highest BCUT2D eigenvalue weighted by Gasteiger charge is 2.12. The Morgan fingerprint density at radius 1 is 1.42 bits per heavy atom. The van der Waals surface area contributed by atoms with Gasteiger partial charge in [-0.05, 0) is 19.3 Å². The largest absolute Gasteiger partial charge is 0.389 e. The van der Waals surface area contributed by atoms with Crippen LogP contribution in [0.3, 0.4) is 0 Å². The third kappa shape index (κ3) is 3.37. The Morgan fingerprint density at radius 2 is 2.25 bits per heavy atom. The van der Waals surface area contributed by atoms with Crippen molar-refractivity contribution in [3.63, 3.8) is 0 Å². The summed E-state index contributed by atoms with van der Waals surface area (Å²) < 4.78 is 5.57. The lowest BCUT2D eigenvalue weighted by Crippen LogP contribution is -2.19. The van der Waals surface area contributed by atoms with Crippen molar-refractivity contribution in [1.29, 1.82) is 0 Å². The molecule has 1 aliphatic carbocycles. The van der Waals surface area contributed by atoms with Crippen LogP contribution in [0.4, 0.5) is 0 Å². The van der Waals surface area contributed by atoms with Crippen LogP contribution in [0.1, 0.15) is 32.6 Å². The molecule has 0 saturated heterocycles. The molecule has 0 aromatic heterocycles. The van der Waals surface area contributed by atoms with Gasteiger partial charge in [-0.1, -0.05) is 25.5 Å². The van der Waals surface area contributed by atoms with Gasteiger partial charge in [0.15, 0.2) is 0 Å². The molecule has 0 fully saturated rings. The van der Waals surface area contributed by atoms with E-state index in [2.05, 4.69) is 6.92 Å². The Labute approximate surface area is 74.2 Å². The molecular formula is C10H18O2. The van der Waals surface area contributed by atoms with E-state index in [4.69, 9.17) is 9.84 Å². The second kappa shape index (κ2) is 5.33. The van der Waals surface area contributed by atoms with Crippen LogP contribution < -0.4 is 0 Å². The van der Waals surface area contributed by atoms with E-state index in [-0.39, 0.29) is 12.2 Å². The molecule has 0 aromatic carbocycles. The molecule has 12 heavy (non-hydrogen) atoms. The topological polar surface area (TPSA) is 29.5 Å². The van der Waals surface area contributed by atoms with Crippen molar-refractivity contribution in [1.82, 2.24) is 0 Å². The first-order valence-corrected chi connectivity index (χ1v) is 4.81. The molecule has 70 valence electrons. The molecule has 1 aliphatic rings. The lowest BCUT2D eigenvalue weighted by molar-refractivity contribution is 0.0591. The predicted molar refractivity (Wildman–Crippen MR) is 49.0 cm³/mol. The van der Waals surface area contributed by atoms with Gasteiger partial charge in [-0.3, -0.25) is 0 Å². The van der Waals surface area contributed by atoms with E-state index in [0.717, 1.165) is 25.9 Å². The van der Waals surface area contributed by atoms with Crippen molar-refractivity contribution in [3.8, 4) is 0 Å². The van der Waals surface area contributed by atoms with Gasteiger partial charge in [0.2, 0.25) is 0 Å². The summed E-state index contributed by atoms with van der Waals surface area (Å²) in [5.41, 5.74) is 0. The van der Waals surface area contributed by atoms with Crippen LogP contribution >= 0.6 is 0 Å². The summed E-state index contributed by atoms with van der Waals surface area (Å²) in [7, 11) is 0. The van der Waals surface area contributed by atoms with Crippen molar-refractivity contribution in [2.24, 2.45) is 0 Å². The van der Waals surface area contributed by atoms with E-state index in [0.29, 0.717) is 0 Å². The zero-order valence-corrected chi connectivity index (χ0v) is 7.70. The summed E-state index contributed by atoms with van der Waals surface area (Å²) >= 11 is 0. The van der Waals surface area contributed by atoms with Gasteiger partial charge in [-0.2, -0.15) is 0 Å². The first-order valence-electron chi connectivity index (χ1n) is 4.81. The first kappa shape index (κ1) is 9.75. The summed E-state index contributed by atoms with van der Waals surface area (Å²) in [5, 5.41) is 9.16. The molecule has 0 aliphatic heterocycles. The van der Waals surface area contributed by atoms with Crippen LogP contribution in [0.15, 0.2) is 12.2 Å². The molecule has 0 aromatic rings. The minimum Gasteiger partial charge on any atom is -0.389 e. The van der Waals surface area contributed by atoms with Crippen LogP contribution in [-0.2, 0) is 4.74 Å². The zero-order valence-electron chi connectivity index (χ0n) is 7.70. The quantitative estimate of drug-likeness (QED) is 0.515. The molecule has 0 radical (unpaired) electrons. The fraction of sp³-hybridized carbons (Fsp3) is 0.800. The Balaban J connectivity index is 2.13. The maximum Gasteiger partial charge on any atom is 0.0757 e. The third-order valence-electron chi connectivity index (χ3n) is 2.12. The maximum absolute atomic E-state index is 9.16. The average molecular weight is 170 g/mol. The Bertz CT molecular complexity index is 143. The molecule has 0 heterocycles. The van der Waals surface area contributed by atoms with E-state index < -0.39 is 0 Å². The van der Waals surface area contributed by atoms with Gasteiger partial charge in [-0.25, -0.2) is 0 Å². The Kier molecular flexibility index (Phi) is 4.33. The van der Waals surface area contributed by atoms with Crippen molar-refractivity contribution in [2.45, 2.75) is 44.8 Å². The monoisotopic (exact) mass is 170 g/mol. The van der Waals surface area contributed by atoms with Crippen molar-refractivity contribution in [3.05, 3.63) is 12.2 Å². The summed E-state index contributed by atoms with van der Waals surface area (Å²) in [6.45, 7) is 3.01. The van der Waals surface area contributed by atoms with Gasteiger partial charge in [-0.15, -0.1) is 0 Å². The molecule has 0 bridgehead atoms.